The van der Waals surface area contributed by atoms with E-state index in [2.05, 4.69) is 15.0 Å². The molecular formula is C13H13FN2O2. The number of aromatic amines is 1. The fourth-order valence-electron chi connectivity index (χ4n) is 1.62. The first-order valence-electron chi connectivity index (χ1n) is 5.44. The summed E-state index contributed by atoms with van der Waals surface area (Å²) in [4.78, 5) is 14.5. The lowest BCUT2D eigenvalue weighted by atomic mass is 10.1. The molecule has 2 rings (SSSR count). The summed E-state index contributed by atoms with van der Waals surface area (Å²) in [6.45, 7) is 0.473. The van der Waals surface area contributed by atoms with Crippen LogP contribution in [-0.2, 0) is 11.3 Å². The van der Waals surface area contributed by atoms with E-state index in [-0.39, 0.29) is 0 Å². The van der Waals surface area contributed by atoms with E-state index in [9.17, 15) is 9.18 Å². The van der Waals surface area contributed by atoms with Gasteiger partial charge in [-0.05, 0) is 30.3 Å². The molecule has 0 saturated heterocycles. The van der Waals surface area contributed by atoms with E-state index in [1.165, 1.54) is 25.3 Å². The van der Waals surface area contributed by atoms with E-state index >= 15 is 0 Å². The summed E-state index contributed by atoms with van der Waals surface area (Å²) >= 11 is 0. The third kappa shape index (κ3) is 2.68. The monoisotopic (exact) mass is 248 g/mol. The number of H-pyrrole nitrogens is 1. The number of nitrogens with one attached hydrogen (secondary N) is 2. The number of carbonyl (C=O) groups is 1. The largest absolute Gasteiger partial charge is 0.465 e. The van der Waals surface area contributed by atoms with Crippen LogP contribution in [0.15, 0.2) is 36.5 Å². The van der Waals surface area contributed by atoms with Gasteiger partial charge in [-0.3, -0.25) is 0 Å². The van der Waals surface area contributed by atoms with Gasteiger partial charge >= 0.3 is 5.97 Å². The number of methoxy groups -OCH3 is 1. The maximum absolute atomic E-state index is 13.2. The Bertz CT molecular complexity index is 538. The van der Waals surface area contributed by atoms with Crippen LogP contribution in [0.4, 0.5) is 10.1 Å². The number of esters is 1. The van der Waals surface area contributed by atoms with E-state index in [0.717, 1.165) is 5.69 Å². The number of ether oxygens (including phenoxy) is 1. The fraction of sp³-hybridized carbons (Fsp3) is 0.154. The van der Waals surface area contributed by atoms with Gasteiger partial charge in [-0.2, -0.15) is 0 Å². The van der Waals surface area contributed by atoms with Gasteiger partial charge in [-0.25, -0.2) is 9.18 Å². The molecule has 0 unspecified atom stereocenters. The van der Waals surface area contributed by atoms with Crippen molar-refractivity contribution in [1.29, 1.82) is 0 Å². The van der Waals surface area contributed by atoms with Crippen molar-refractivity contribution in [3.05, 3.63) is 53.6 Å². The molecule has 0 aliphatic heterocycles. The highest BCUT2D eigenvalue weighted by Crippen LogP contribution is 2.19. The number of halogens is 1. The Morgan fingerprint density at radius 1 is 1.44 bits per heavy atom. The molecule has 0 amide bonds. The summed E-state index contributed by atoms with van der Waals surface area (Å²) in [6, 6.07) is 7.66. The average molecular weight is 248 g/mol. The molecule has 1 aromatic heterocycles. The van der Waals surface area contributed by atoms with Crippen LogP contribution in [0, 0.1) is 5.82 Å². The Kier molecular flexibility index (Phi) is 3.62. The summed E-state index contributed by atoms with van der Waals surface area (Å²) in [5, 5.41) is 3.00. The Morgan fingerprint density at radius 3 is 2.94 bits per heavy atom. The van der Waals surface area contributed by atoms with Gasteiger partial charge in [0, 0.05) is 11.9 Å². The van der Waals surface area contributed by atoms with Crippen molar-refractivity contribution in [3.8, 4) is 0 Å². The number of hydrogen-bond acceptors (Lipinski definition) is 3. The zero-order chi connectivity index (χ0) is 13.0. The lowest BCUT2D eigenvalue weighted by Crippen LogP contribution is -2.08. The Balaban J connectivity index is 2.19. The summed E-state index contributed by atoms with van der Waals surface area (Å²) < 4.78 is 17.8. The predicted molar refractivity (Wildman–Crippen MR) is 65.9 cm³/mol. The van der Waals surface area contributed by atoms with Gasteiger partial charge in [0.1, 0.15) is 5.82 Å². The zero-order valence-corrected chi connectivity index (χ0v) is 9.87. The van der Waals surface area contributed by atoms with Gasteiger partial charge in [0.2, 0.25) is 0 Å². The molecule has 2 aromatic rings. The topological polar surface area (TPSA) is 54.1 Å². The number of anilines is 1. The molecule has 18 heavy (non-hydrogen) atoms. The minimum Gasteiger partial charge on any atom is -0.465 e. The number of carbonyl (C=O) groups excluding carboxylic acids is 1. The van der Waals surface area contributed by atoms with Crippen molar-refractivity contribution >= 4 is 11.7 Å². The van der Waals surface area contributed by atoms with Crippen LogP contribution in [0.5, 0.6) is 0 Å². The van der Waals surface area contributed by atoms with E-state index < -0.39 is 11.8 Å². The lowest BCUT2D eigenvalue weighted by Gasteiger charge is -2.10. The molecule has 0 aliphatic rings. The third-order valence-electron chi connectivity index (χ3n) is 2.52. The van der Waals surface area contributed by atoms with Crippen LogP contribution in [0.1, 0.15) is 16.1 Å². The summed E-state index contributed by atoms with van der Waals surface area (Å²) in [7, 11) is 1.29. The van der Waals surface area contributed by atoms with Gasteiger partial charge < -0.3 is 15.0 Å². The smallest absolute Gasteiger partial charge is 0.339 e. The minimum absolute atomic E-state index is 0.311. The SMILES string of the molecule is COC(=O)c1ccc(F)cc1NCc1ccc[nH]1. The van der Waals surface area contributed by atoms with Crippen molar-refractivity contribution < 1.29 is 13.9 Å². The predicted octanol–water partition coefficient (Wildman–Crippen LogP) is 2.55. The van der Waals surface area contributed by atoms with Crippen molar-refractivity contribution in [2.24, 2.45) is 0 Å². The quantitative estimate of drug-likeness (QED) is 0.817. The molecular weight excluding hydrogens is 235 g/mol. The molecule has 0 spiro atoms. The molecule has 0 bridgehead atoms. The summed E-state index contributed by atoms with van der Waals surface area (Å²) in [5.74, 6) is -0.902. The van der Waals surface area contributed by atoms with Gasteiger partial charge in [-0.1, -0.05) is 0 Å². The minimum atomic E-state index is -0.496. The van der Waals surface area contributed by atoms with Crippen molar-refractivity contribution in [1.82, 2.24) is 4.98 Å². The van der Waals surface area contributed by atoms with Gasteiger partial charge in [0.25, 0.3) is 0 Å². The lowest BCUT2D eigenvalue weighted by molar-refractivity contribution is 0.0602. The van der Waals surface area contributed by atoms with Crippen LogP contribution in [-0.4, -0.2) is 18.1 Å². The first-order chi connectivity index (χ1) is 8.70. The molecule has 2 N–H and O–H groups in total. The molecule has 94 valence electrons. The molecule has 0 atom stereocenters. The van der Waals surface area contributed by atoms with E-state index in [1.807, 2.05) is 12.1 Å². The van der Waals surface area contributed by atoms with Gasteiger partial charge in [0.05, 0.1) is 24.9 Å². The summed E-state index contributed by atoms with van der Waals surface area (Å²) in [6.07, 6.45) is 1.80. The highest BCUT2D eigenvalue weighted by atomic mass is 19.1. The Labute approximate surface area is 104 Å². The van der Waals surface area contributed by atoms with Crippen molar-refractivity contribution in [3.63, 3.8) is 0 Å². The fourth-order valence-corrected chi connectivity index (χ4v) is 1.62. The zero-order valence-electron chi connectivity index (χ0n) is 9.87. The Morgan fingerprint density at radius 2 is 2.28 bits per heavy atom. The third-order valence-corrected chi connectivity index (χ3v) is 2.52. The number of benzene rings is 1. The maximum Gasteiger partial charge on any atom is 0.339 e. The number of hydrogen-bond donors (Lipinski definition) is 2. The van der Waals surface area contributed by atoms with Crippen LogP contribution >= 0.6 is 0 Å². The van der Waals surface area contributed by atoms with E-state index in [0.29, 0.717) is 17.8 Å². The van der Waals surface area contributed by atoms with Gasteiger partial charge in [-0.15, -0.1) is 0 Å². The highest BCUT2D eigenvalue weighted by molar-refractivity contribution is 5.95. The molecule has 1 heterocycles. The first kappa shape index (κ1) is 12.2. The molecule has 0 aliphatic carbocycles. The second kappa shape index (κ2) is 5.35. The summed E-state index contributed by atoms with van der Waals surface area (Å²) in [5.41, 5.74) is 1.66. The second-order valence-corrected chi connectivity index (χ2v) is 3.73. The van der Waals surface area contributed by atoms with E-state index in [1.54, 1.807) is 6.20 Å². The first-order valence-corrected chi connectivity index (χ1v) is 5.44. The second-order valence-electron chi connectivity index (χ2n) is 3.73. The van der Waals surface area contributed by atoms with Crippen LogP contribution in [0.25, 0.3) is 0 Å². The van der Waals surface area contributed by atoms with Crippen LogP contribution < -0.4 is 5.32 Å². The van der Waals surface area contributed by atoms with Gasteiger partial charge in [0.15, 0.2) is 0 Å². The highest BCUT2D eigenvalue weighted by Gasteiger charge is 2.12. The van der Waals surface area contributed by atoms with Crippen molar-refractivity contribution in [2.75, 3.05) is 12.4 Å². The maximum atomic E-state index is 13.2. The standard InChI is InChI=1S/C13H13FN2O2/c1-18-13(17)11-5-4-9(14)7-12(11)16-8-10-3-2-6-15-10/h2-7,15-16H,8H2,1H3. The Hall–Kier alpha value is -2.30. The molecule has 0 fully saturated rings. The molecule has 4 nitrogen and oxygen atoms in total. The van der Waals surface area contributed by atoms with Crippen LogP contribution in [0.2, 0.25) is 0 Å². The molecule has 0 saturated carbocycles. The van der Waals surface area contributed by atoms with Crippen molar-refractivity contribution in [2.45, 2.75) is 6.54 Å². The average Bonchev–Trinajstić information content (AvgIpc) is 2.88. The van der Waals surface area contributed by atoms with Crippen LogP contribution in [0.3, 0.4) is 0 Å². The normalized spacial score (nSPS) is 10.1. The van der Waals surface area contributed by atoms with E-state index in [4.69, 9.17) is 0 Å². The molecule has 5 heteroatoms. The molecule has 0 radical (unpaired) electrons. The number of rotatable bonds is 4. The molecule has 1 aromatic carbocycles. The number of aromatic nitrogens is 1.